The summed E-state index contributed by atoms with van der Waals surface area (Å²) >= 11 is 0. The summed E-state index contributed by atoms with van der Waals surface area (Å²) < 4.78 is 24.4. The zero-order valence-corrected chi connectivity index (χ0v) is 10.7. The van der Waals surface area contributed by atoms with E-state index < -0.39 is 21.1 Å². The third-order valence-electron chi connectivity index (χ3n) is 2.65. The number of aromatic carboxylic acids is 1. The minimum absolute atomic E-state index is 0.0894. The van der Waals surface area contributed by atoms with Crippen molar-refractivity contribution in [2.75, 3.05) is 0 Å². The van der Waals surface area contributed by atoms with Gasteiger partial charge in [0.15, 0.2) is 9.84 Å². The predicted octanol–water partition coefficient (Wildman–Crippen LogP) is 2.35. The summed E-state index contributed by atoms with van der Waals surface area (Å²) in [5, 5.41) is 8.41. The van der Waals surface area contributed by atoms with Crippen molar-refractivity contribution in [3.05, 3.63) is 29.8 Å². The zero-order valence-electron chi connectivity index (χ0n) is 9.88. The monoisotopic (exact) mass is 256 g/mol. The Balaban J connectivity index is 3.29. The molecule has 1 aromatic carbocycles. The quantitative estimate of drug-likeness (QED) is 0.877. The Morgan fingerprint density at radius 1 is 1.35 bits per heavy atom. The highest BCUT2D eigenvalue weighted by Crippen LogP contribution is 2.22. The summed E-state index contributed by atoms with van der Waals surface area (Å²) in [6, 6.07) is 5.73. The van der Waals surface area contributed by atoms with Crippen LogP contribution in [0.15, 0.2) is 29.2 Å². The number of carboxylic acids is 1. The second-order valence-corrected chi connectivity index (χ2v) is 6.28. The summed E-state index contributed by atoms with van der Waals surface area (Å²) in [5.74, 6) is -1.21. The molecular weight excluding hydrogens is 240 g/mol. The van der Waals surface area contributed by atoms with Crippen LogP contribution >= 0.6 is 0 Å². The van der Waals surface area contributed by atoms with Gasteiger partial charge in [0.05, 0.1) is 15.7 Å². The molecule has 0 heterocycles. The summed E-state index contributed by atoms with van der Waals surface area (Å²) in [7, 11) is -3.56. The molecule has 0 bridgehead atoms. The van der Waals surface area contributed by atoms with Crippen LogP contribution in [-0.2, 0) is 9.84 Å². The lowest BCUT2D eigenvalue weighted by Crippen LogP contribution is -2.20. The molecule has 0 radical (unpaired) electrons. The van der Waals surface area contributed by atoms with Gasteiger partial charge < -0.3 is 5.11 Å². The molecule has 0 aliphatic heterocycles. The normalized spacial score (nSPS) is 13.3. The van der Waals surface area contributed by atoms with E-state index in [-0.39, 0.29) is 10.5 Å². The van der Waals surface area contributed by atoms with E-state index in [4.69, 9.17) is 5.11 Å². The molecule has 0 saturated carbocycles. The maximum absolute atomic E-state index is 12.2. The van der Waals surface area contributed by atoms with Crippen molar-refractivity contribution in [2.24, 2.45) is 0 Å². The third-order valence-corrected chi connectivity index (χ3v) is 4.91. The molecule has 1 aromatic rings. The SMILES string of the molecule is CCCC(C)S(=O)(=O)c1ccccc1C(=O)O. The molecule has 0 aromatic heterocycles. The molecule has 0 aliphatic carbocycles. The van der Waals surface area contributed by atoms with Crippen LogP contribution in [0.25, 0.3) is 0 Å². The van der Waals surface area contributed by atoms with Gasteiger partial charge in [0.1, 0.15) is 0 Å². The molecule has 4 nitrogen and oxygen atoms in total. The average Bonchev–Trinajstić information content (AvgIpc) is 2.29. The highest BCUT2D eigenvalue weighted by atomic mass is 32.2. The van der Waals surface area contributed by atoms with Crippen LogP contribution in [-0.4, -0.2) is 24.7 Å². The van der Waals surface area contributed by atoms with Crippen LogP contribution in [0.3, 0.4) is 0 Å². The van der Waals surface area contributed by atoms with Gasteiger partial charge in [0.2, 0.25) is 0 Å². The third kappa shape index (κ3) is 2.85. The van der Waals surface area contributed by atoms with Gasteiger partial charge in [-0.15, -0.1) is 0 Å². The van der Waals surface area contributed by atoms with Gasteiger partial charge in [0.25, 0.3) is 0 Å². The van der Waals surface area contributed by atoms with Crippen LogP contribution in [0.4, 0.5) is 0 Å². The summed E-state index contributed by atoms with van der Waals surface area (Å²) in [6.45, 7) is 3.51. The van der Waals surface area contributed by atoms with E-state index in [0.29, 0.717) is 6.42 Å². The topological polar surface area (TPSA) is 71.4 Å². The molecule has 1 unspecified atom stereocenters. The number of rotatable bonds is 5. The Bertz CT molecular complexity index is 505. The minimum Gasteiger partial charge on any atom is -0.478 e. The minimum atomic E-state index is -3.56. The Hall–Kier alpha value is -1.36. The van der Waals surface area contributed by atoms with Gasteiger partial charge in [-0.2, -0.15) is 0 Å². The van der Waals surface area contributed by atoms with Gasteiger partial charge in [-0.3, -0.25) is 0 Å². The number of carbonyl (C=O) groups is 1. The van der Waals surface area contributed by atoms with E-state index >= 15 is 0 Å². The van der Waals surface area contributed by atoms with Crippen LogP contribution < -0.4 is 0 Å². The van der Waals surface area contributed by atoms with Gasteiger partial charge >= 0.3 is 5.97 Å². The average molecular weight is 256 g/mol. The smallest absolute Gasteiger partial charge is 0.337 e. The van der Waals surface area contributed by atoms with E-state index in [1.165, 1.54) is 24.3 Å². The van der Waals surface area contributed by atoms with Gasteiger partial charge in [0, 0.05) is 0 Å². The molecular formula is C12H16O4S. The number of carboxylic acid groups (broad SMARTS) is 1. The summed E-state index contributed by atoms with van der Waals surface area (Å²) in [5.41, 5.74) is -0.157. The fourth-order valence-electron chi connectivity index (χ4n) is 1.67. The van der Waals surface area contributed by atoms with Crippen molar-refractivity contribution < 1.29 is 18.3 Å². The summed E-state index contributed by atoms with van der Waals surface area (Å²) in [4.78, 5) is 10.9. The molecule has 0 spiro atoms. The molecule has 1 N–H and O–H groups in total. The number of hydrogen-bond donors (Lipinski definition) is 1. The first-order valence-corrected chi connectivity index (χ1v) is 7.02. The second kappa shape index (κ2) is 5.31. The van der Waals surface area contributed by atoms with Crippen LogP contribution in [0, 0.1) is 0 Å². The molecule has 0 amide bonds. The second-order valence-electron chi connectivity index (χ2n) is 3.95. The maximum atomic E-state index is 12.2. The number of hydrogen-bond acceptors (Lipinski definition) is 3. The largest absolute Gasteiger partial charge is 0.478 e. The highest BCUT2D eigenvalue weighted by Gasteiger charge is 2.27. The lowest BCUT2D eigenvalue weighted by Gasteiger charge is -2.13. The van der Waals surface area contributed by atoms with Crippen LogP contribution in [0.1, 0.15) is 37.0 Å². The van der Waals surface area contributed by atoms with Crippen molar-refractivity contribution in [1.29, 1.82) is 0 Å². The van der Waals surface area contributed by atoms with Gasteiger partial charge in [-0.1, -0.05) is 25.5 Å². The van der Waals surface area contributed by atoms with Gasteiger partial charge in [-0.25, -0.2) is 13.2 Å². The molecule has 94 valence electrons. The Labute approximate surface area is 101 Å². The summed E-state index contributed by atoms with van der Waals surface area (Å²) in [6.07, 6.45) is 1.27. The van der Waals surface area contributed by atoms with E-state index in [1.807, 2.05) is 6.92 Å². The molecule has 5 heteroatoms. The predicted molar refractivity (Wildman–Crippen MR) is 65.0 cm³/mol. The first kappa shape index (κ1) is 13.7. The van der Waals surface area contributed by atoms with E-state index in [9.17, 15) is 13.2 Å². The van der Waals surface area contributed by atoms with E-state index in [1.54, 1.807) is 6.92 Å². The number of sulfone groups is 1. The first-order chi connectivity index (χ1) is 7.91. The fourth-order valence-corrected chi connectivity index (χ4v) is 3.38. The molecule has 1 atom stereocenters. The molecule has 0 fully saturated rings. The first-order valence-electron chi connectivity index (χ1n) is 5.47. The standard InChI is InChI=1S/C12H16O4S/c1-3-6-9(2)17(15,16)11-8-5-4-7-10(11)12(13)14/h4-5,7-9H,3,6H2,1-2H3,(H,13,14). The van der Waals surface area contributed by atoms with Crippen LogP contribution in [0.2, 0.25) is 0 Å². The zero-order chi connectivity index (χ0) is 13.1. The number of benzene rings is 1. The van der Waals surface area contributed by atoms with Crippen LogP contribution in [0.5, 0.6) is 0 Å². The lowest BCUT2D eigenvalue weighted by atomic mass is 10.2. The maximum Gasteiger partial charge on any atom is 0.337 e. The van der Waals surface area contributed by atoms with Crippen molar-refractivity contribution in [2.45, 2.75) is 36.8 Å². The molecule has 1 rings (SSSR count). The van der Waals surface area contributed by atoms with Gasteiger partial charge in [-0.05, 0) is 25.5 Å². The molecule has 17 heavy (non-hydrogen) atoms. The van der Waals surface area contributed by atoms with Crippen molar-refractivity contribution >= 4 is 15.8 Å². The molecule has 0 aliphatic rings. The van der Waals surface area contributed by atoms with E-state index in [2.05, 4.69) is 0 Å². The fraction of sp³-hybridized carbons (Fsp3) is 0.417. The van der Waals surface area contributed by atoms with E-state index in [0.717, 1.165) is 6.42 Å². The molecule has 0 saturated heterocycles. The van der Waals surface area contributed by atoms with Crippen molar-refractivity contribution in [1.82, 2.24) is 0 Å². The van der Waals surface area contributed by atoms with Crippen molar-refractivity contribution in [3.8, 4) is 0 Å². The Kier molecular flexibility index (Phi) is 4.28. The lowest BCUT2D eigenvalue weighted by molar-refractivity contribution is 0.0692. The Morgan fingerprint density at radius 2 is 1.94 bits per heavy atom. The Morgan fingerprint density at radius 3 is 2.47 bits per heavy atom. The van der Waals surface area contributed by atoms with Crippen molar-refractivity contribution in [3.63, 3.8) is 0 Å². The highest BCUT2D eigenvalue weighted by molar-refractivity contribution is 7.92.